The van der Waals surface area contributed by atoms with Gasteiger partial charge in [-0.3, -0.25) is 4.79 Å². The molecule has 4 nitrogen and oxygen atoms in total. The average molecular weight is 324 g/mol. The normalized spacial score (nSPS) is 13.4. The van der Waals surface area contributed by atoms with Gasteiger partial charge in [-0.25, -0.2) is 4.79 Å². The molecule has 1 aromatic heterocycles. The monoisotopic (exact) mass is 323 g/mol. The maximum atomic E-state index is 12.3. The Morgan fingerprint density at radius 2 is 1.90 bits per heavy atom. The highest BCUT2D eigenvalue weighted by atomic mass is 35.5. The second-order valence-electron chi connectivity index (χ2n) is 4.49. The molecule has 0 aliphatic rings. The van der Waals surface area contributed by atoms with Crippen LogP contribution in [0.15, 0.2) is 42.5 Å². The van der Waals surface area contributed by atoms with Gasteiger partial charge in [0.2, 0.25) is 0 Å². The number of carboxylic acid groups (broad SMARTS) is 1. The van der Waals surface area contributed by atoms with E-state index in [9.17, 15) is 14.7 Å². The number of aliphatic carboxylic acids is 1. The Hall–Kier alpha value is -1.85. The van der Waals surface area contributed by atoms with Crippen LogP contribution in [0, 0.1) is 0 Å². The van der Waals surface area contributed by atoms with Crippen molar-refractivity contribution in [2.45, 2.75) is 18.9 Å². The Labute approximate surface area is 131 Å². The van der Waals surface area contributed by atoms with E-state index >= 15 is 0 Å². The number of hydrogen-bond donors (Lipinski definition) is 2. The molecule has 1 atom stereocenters. The second-order valence-corrected chi connectivity index (χ2v) is 6.20. The molecule has 2 rings (SSSR count). The van der Waals surface area contributed by atoms with Crippen molar-refractivity contribution in [2.75, 3.05) is 0 Å². The number of amides is 1. The fraction of sp³-hybridized carbons (Fsp3) is 0.200. The van der Waals surface area contributed by atoms with Gasteiger partial charge in [-0.05, 0) is 24.1 Å². The largest absolute Gasteiger partial charge is 0.479 e. The predicted molar refractivity (Wildman–Crippen MR) is 82.8 cm³/mol. The Balaban J connectivity index is 2.38. The molecule has 0 unspecified atom stereocenters. The first-order valence-electron chi connectivity index (χ1n) is 6.36. The number of benzene rings is 1. The van der Waals surface area contributed by atoms with Gasteiger partial charge in [0.05, 0.1) is 9.21 Å². The molecule has 0 fully saturated rings. The van der Waals surface area contributed by atoms with Gasteiger partial charge in [-0.15, -0.1) is 11.3 Å². The maximum absolute atomic E-state index is 12.3. The zero-order valence-corrected chi connectivity index (χ0v) is 12.9. The van der Waals surface area contributed by atoms with Gasteiger partial charge in [0, 0.05) is 0 Å². The summed E-state index contributed by atoms with van der Waals surface area (Å²) in [5.41, 5.74) is -0.912. The van der Waals surface area contributed by atoms with Crippen LogP contribution in [0.3, 0.4) is 0 Å². The molecule has 0 aliphatic carbocycles. The Morgan fingerprint density at radius 3 is 2.38 bits per heavy atom. The molecule has 2 N–H and O–H groups in total. The fourth-order valence-electron chi connectivity index (χ4n) is 2.11. The van der Waals surface area contributed by atoms with E-state index < -0.39 is 17.4 Å². The van der Waals surface area contributed by atoms with Crippen LogP contribution in [0.2, 0.25) is 4.34 Å². The second kappa shape index (κ2) is 6.28. The lowest BCUT2D eigenvalue weighted by Crippen LogP contribution is -2.51. The fourth-order valence-corrected chi connectivity index (χ4v) is 3.05. The summed E-state index contributed by atoms with van der Waals surface area (Å²) in [5, 5.41) is 12.3. The molecule has 0 bridgehead atoms. The molecule has 0 saturated carbocycles. The molecule has 1 heterocycles. The lowest BCUT2D eigenvalue weighted by Gasteiger charge is -2.29. The van der Waals surface area contributed by atoms with Crippen molar-refractivity contribution < 1.29 is 14.7 Å². The van der Waals surface area contributed by atoms with Gasteiger partial charge >= 0.3 is 5.97 Å². The summed E-state index contributed by atoms with van der Waals surface area (Å²) in [6, 6.07) is 11.9. The van der Waals surface area contributed by atoms with E-state index in [1.165, 1.54) is 0 Å². The highest BCUT2D eigenvalue weighted by Crippen LogP contribution is 2.28. The van der Waals surface area contributed by atoms with E-state index in [2.05, 4.69) is 5.32 Å². The molecule has 0 spiro atoms. The number of nitrogens with one attached hydrogen (secondary N) is 1. The first-order chi connectivity index (χ1) is 9.99. The minimum absolute atomic E-state index is 0.233. The molecule has 1 amide bonds. The predicted octanol–water partition coefficient (Wildman–Crippen LogP) is 3.52. The summed E-state index contributed by atoms with van der Waals surface area (Å²) in [6.07, 6.45) is 0.233. The van der Waals surface area contributed by atoms with Crippen molar-refractivity contribution in [2.24, 2.45) is 0 Å². The molecule has 6 heteroatoms. The van der Waals surface area contributed by atoms with E-state index in [4.69, 9.17) is 11.6 Å². The number of carbonyl (C=O) groups is 2. The number of hydrogen-bond acceptors (Lipinski definition) is 3. The molecular weight excluding hydrogens is 310 g/mol. The van der Waals surface area contributed by atoms with Gasteiger partial charge in [-0.1, -0.05) is 48.9 Å². The molecule has 110 valence electrons. The number of halogens is 1. The van der Waals surface area contributed by atoms with Gasteiger partial charge in [0.1, 0.15) is 0 Å². The molecule has 1 aromatic carbocycles. The summed E-state index contributed by atoms with van der Waals surface area (Å²) in [4.78, 5) is 24.5. The van der Waals surface area contributed by atoms with Crippen LogP contribution in [-0.2, 0) is 10.3 Å². The minimum Gasteiger partial charge on any atom is -0.479 e. The van der Waals surface area contributed by atoms with E-state index in [0.717, 1.165) is 11.3 Å². The summed E-state index contributed by atoms with van der Waals surface area (Å²) in [7, 11) is 0. The van der Waals surface area contributed by atoms with Crippen LogP contribution in [0.4, 0.5) is 0 Å². The lowest BCUT2D eigenvalue weighted by atomic mass is 9.87. The van der Waals surface area contributed by atoms with E-state index in [0.29, 0.717) is 14.8 Å². The zero-order valence-electron chi connectivity index (χ0n) is 11.3. The first kappa shape index (κ1) is 15.5. The number of thiophene rings is 1. The van der Waals surface area contributed by atoms with Crippen LogP contribution in [0.5, 0.6) is 0 Å². The molecule has 0 radical (unpaired) electrons. The van der Waals surface area contributed by atoms with Crippen molar-refractivity contribution in [3.8, 4) is 0 Å². The first-order valence-corrected chi connectivity index (χ1v) is 7.56. The van der Waals surface area contributed by atoms with E-state index in [1.807, 2.05) is 0 Å². The standard InChI is InChI=1S/C15H14ClNO3S/c1-2-15(14(19)20,10-6-4-3-5-7-10)17-13(18)11-8-9-12(16)21-11/h3-9H,2H2,1H3,(H,17,18)(H,19,20)/t15-/m1/s1. The van der Waals surface area contributed by atoms with Crippen LogP contribution >= 0.6 is 22.9 Å². The lowest BCUT2D eigenvalue weighted by molar-refractivity contribution is -0.145. The van der Waals surface area contributed by atoms with Crippen LogP contribution in [-0.4, -0.2) is 17.0 Å². The SMILES string of the molecule is CC[C@](NC(=O)c1ccc(Cl)s1)(C(=O)O)c1ccccc1. The van der Waals surface area contributed by atoms with Crippen molar-refractivity contribution in [3.63, 3.8) is 0 Å². The highest BCUT2D eigenvalue weighted by Gasteiger charge is 2.40. The Bertz CT molecular complexity index is 656. The van der Waals surface area contributed by atoms with E-state index in [-0.39, 0.29) is 6.42 Å². The van der Waals surface area contributed by atoms with Crippen molar-refractivity contribution in [3.05, 3.63) is 57.2 Å². The molecule has 2 aromatic rings. The third kappa shape index (κ3) is 3.09. The van der Waals surface area contributed by atoms with Gasteiger partial charge in [0.25, 0.3) is 5.91 Å². The Kier molecular flexibility index (Phi) is 4.65. The van der Waals surface area contributed by atoms with Crippen LogP contribution in [0.25, 0.3) is 0 Å². The van der Waals surface area contributed by atoms with Crippen molar-refractivity contribution in [1.82, 2.24) is 5.32 Å². The Morgan fingerprint density at radius 1 is 1.24 bits per heavy atom. The summed E-state index contributed by atoms with van der Waals surface area (Å²) < 4.78 is 0.484. The number of rotatable bonds is 5. The average Bonchev–Trinajstić information content (AvgIpc) is 2.92. The summed E-state index contributed by atoms with van der Waals surface area (Å²) >= 11 is 6.93. The van der Waals surface area contributed by atoms with Gasteiger partial charge in [-0.2, -0.15) is 0 Å². The van der Waals surface area contributed by atoms with Crippen LogP contribution < -0.4 is 5.32 Å². The number of carbonyl (C=O) groups excluding carboxylic acids is 1. The molecular formula is C15H14ClNO3S. The molecule has 21 heavy (non-hydrogen) atoms. The highest BCUT2D eigenvalue weighted by molar-refractivity contribution is 7.18. The molecule has 0 aliphatic heterocycles. The van der Waals surface area contributed by atoms with Crippen molar-refractivity contribution >= 4 is 34.8 Å². The maximum Gasteiger partial charge on any atom is 0.334 e. The van der Waals surface area contributed by atoms with Crippen LogP contribution in [0.1, 0.15) is 28.6 Å². The summed E-state index contributed by atoms with van der Waals surface area (Å²) in [5.74, 6) is -1.53. The quantitative estimate of drug-likeness (QED) is 0.884. The smallest absolute Gasteiger partial charge is 0.334 e. The number of carboxylic acids is 1. The van der Waals surface area contributed by atoms with E-state index in [1.54, 1.807) is 49.4 Å². The van der Waals surface area contributed by atoms with Crippen molar-refractivity contribution in [1.29, 1.82) is 0 Å². The summed E-state index contributed by atoms with van der Waals surface area (Å²) in [6.45, 7) is 1.73. The molecule has 0 saturated heterocycles. The van der Waals surface area contributed by atoms with Gasteiger partial charge < -0.3 is 10.4 Å². The minimum atomic E-state index is -1.45. The topological polar surface area (TPSA) is 66.4 Å². The zero-order chi connectivity index (χ0) is 15.5. The van der Waals surface area contributed by atoms with Gasteiger partial charge in [0.15, 0.2) is 5.54 Å². The third-order valence-electron chi connectivity index (χ3n) is 3.29. The third-order valence-corrected chi connectivity index (χ3v) is 4.52.